The fraction of sp³-hybridized carbons (Fsp3) is 0.368. The maximum atomic E-state index is 12.8. The third-order valence-corrected chi connectivity index (χ3v) is 5.49. The summed E-state index contributed by atoms with van der Waals surface area (Å²) in [5.74, 6) is 0.391. The number of thiophene rings is 1. The Morgan fingerprint density at radius 2 is 1.96 bits per heavy atom. The Kier molecular flexibility index (Phi) is 5.38. The number of hydrogen-bond donors (Lipinski definition) is 0. The molecule has 2 aromatic rings. The molecule has 6 heteroatoms. The van der Waals surface area contributed by atoms with Crippen molar-refractivity contribution in [2.45, 2.75) is 25.3 Å². The Hall–Kier alpha value is -2.34. The predicted molar refractivity (Wildman–Crippen MR) is 95.8 cm³/mol. The minimum Gasteiger partial charge on any atom is -0.497 e. The van der Waals surface area contributed by atoms with Crippen molar-refractivity contribution in [1.29, 1.82) is 0 Å². The molecular formula is C19H21NO4S. The van der Waals surface area contributed by atoms with Crippen molar-refractivity contribution in [2.24, 2.45) is 0 Å². The molecule has 132 valence electrons. The van der Waals surface area contributed by atoms with Crippen molar-refractivity contribution in [3.05, 3.63) is 51.7 Å². The van der Waals surface area contributed by atoms with Crippen LogP contribution >= 0.6 is 11.3 Å². The van der Waals surface area contributed by atoms with E-state index in [2.05, 4.69) is 0 Å². The van der Waals surface area contributed by atoms with Crippen molar-refractivity contribution in [3.63, 3.8) is 0 Å². The number of carbonyl (C=O) groups is 2. The van der Waals surface area contributed by atoms with E-state index in [1.165, 1.54) is 7.11 Å². The lowest BCUT2D eigenvalue weighted by Gasteiger charge is -2.34. The lowest BCUT2D eigenvalue weighted by atomic mass is 9.99. The van der Waals surface area contributed by atoms with Gasteiger partial charge in [-0.05, 0) is 47.5 Å². The number of nitrogens with zero attached hydrogens (tertiary/aromatic N) is 1. The summed E-state index contributed by atoms with van der Waals surface area (Å²) in [4.78, 5) is 27.8. The van der Waals surface area contributed by atoms with E-state index in [0.717, 1.165) is 28.2 Å². The molecule has 0 saturated heterocycles. The first-order valence-electron chi connectivity index (χ1n) is 8.20. The molecule has 5 nitrogen and oxygen atoms in total. The van der Waals surface area contributed by atoms with Crippen LogP contribution in [-0.4, -0.2) is 37.5 Å². The Labute approximate surface area is 151 Å². The molecule has 1 atom stereocenters. The van der Waals surface area contributed by atoms with Crippen molar-refractivity contribution in [1.82, 2.24) is 4.90 Å². The zero-order valence-electron chi connectivity index (χ0n) is 14.4. The van der Waals surface area contributed by atoms with E-state index >= 15 is 0 Å². The van der Waals surface area contributed by atoms with Crippen molar-refractivity contribution in [2.75, 3.05) is 20.8 Å². The number of aryl methyl sites for hydroxylation is 1. The Bertz CT molecular complexity index is 753. The van der Waals surface area contributed by atoms with Crippen LogP contribution in [0.2, 0.25) is 0 Å². The van der Waals surface area contributed by atoms with Gasteiger partial charge in [-0.25, -0.2) is 4.79 Å². The topological polar surface area (TPSA) is 55.8 Å². The molecule has 0 bridgehead atoms. The molecule has 1 aromatic carbocycles. The van der Waals surface area contributed by atoms with Crippen LogP contribution in [0.1, 0.15) is 28.5 Å². The smallest absolute Gasteiger partial charge is 0.333 e. The maximum absolute atomic E-state index is 12.8. The number of ether oxygens (including phenoxy) is 2. The summed E-state index contributed by atoms with van der Waals surface area (Å²) >= 11 is 1.63. The number of carbonyl (C=O) groups excluding carboxylic acids is 2. The molecule has 0 fully saturated rings. The number of methoxy groups -OCH3 is 2. The molecule has 0 radical (unpaired) electrons. The third-order valence-electron chi connectivity index (χ3n) is 4.50. The van der Waals surface area contributed by atoms with E-state index in [0.29, 0.717) is 19.4 Å². The second kappa shape index (κ2) is 7.70. The fourth-order valence-corrected chi connectivity index (χ4v) is 4.04. The highest BCUT2D eigenvalue weighted by molar-refractivity contribution is 7.10. The normalized spacial score (nSPS) is 16.2. The molecule has 1 unspecified atom stereocenters. The van der Waals surface area contributed by atoms with Gasteiger partial charge < -0.3 is 14.4 Å². The van der Waals surface area contributed by atoms with Gasteiger partial charge in [0.15, 0.2) is 6.04 Å². The van der Waals surface area contributed by atoms with Crippen LogP contribution in [0, 0.1) is 0 Å². The molecule has 1 amide bonds. The minimum absolute atomic E-state index is 0.0249. The van der Waals surface area contributed by atoms with Crippen molar-refractivity contribution in [3.8, 4) is 5.75 Å². The van der Waals surface area contributed by atoms with E-state index in [9.17, 15) is 9.59 Å². The first kappa shape index (κ1) is 17.5. The summed E-state index contributed by atoms with van der Waals surface area (Å²) in [5, 5.41) is 1.96. The molecule has 1 aliphatic heterocycles. The van der Waals surface area contributed by atoms with Crippen molar-refractivity contribution >= 4 is 23.2 Å². The highest BCUT2D eigenvalue weighted by atomic mass is 32.1. The average Bonchev–Trinajstić information content (AvgIpc) is 3.13. The predicted octanol–water partition coefficient (Wildman–Crippen LogP) is 2.99. The zero-order valence-corrected chi connectivity index (χ0v) is 15.2. The summed E-state index contributed by atoms with van der Waals surface area (Å²) in [6.07, 6.45) is 1.78. The van der Waals surface area contributed by atoms with Crippen LogP contribution in [0.3, 0.4) is 0 Å². The third kappa shape index (κ3) is 3.69. The van der Waals surface area contributed by atoms with Crippen LogP contribution < -0.4 is 4.74 Å². The molecule has 1 aliphatic rings. The SMILES string of the molecule is COC(=O)C1c2ccsc2CCN1C(=O)CCc1ccc(OC)cc1. The van der Waals surface area contributed by atoms with Crippen molar-refractivity contribution < 1.29 is 19.1 Å². The zero-order chi connectivity index (χ0) is 17.8. The number of amides is 1. The molecule has 2 heterocycles. The van der Waals surface area contributed by atoms with Gasteiger partial charge in [-0.1, -0.05) is 12.1 Å². The first-order chi connectivity index (χ1) is 12.1. The number of fused-ring (bicyclic) bond motifs is 1. The summed E-state index contributed by atoms with van der Waals surface area (Å²) < 4.78 is 10.1. The molecule has 0 aliphatic carbocycles. The van der Waals surface area contributed by atoms with Gasteiger partial charge in [-0.3, -0.25) is 4.79 Å². The molecule has 1 aromatic heterocycles. The molecule has 0 N–H and O–H groups in total. The van der Waals surface area contributed by atoms with Gasteiger partial charge in [0.1, 0.15) is 5.75 Å². The van der Waals surface area contributed by atoms with Gasteiger partial charge in [0.05, 0.1) is 14.2 Å². The van der Waals surface area contributed by atoms with Gasteiger partial charge in [0.25, 0.3) is 0 Å². The fourth-order valence-electron chi connectivity index (χ4n) is 3.14. The van der Waals surface area contributed by atoms with Gasteiger partial charge in [-0.15, -0.1) is 11.3 Å². The monoisotopic (exact) mass is 359 g/mol. The highest BCUT2D eigenvalue weighted by Gasteiger charge is 2.37. The lowest BCUT2D eigenvalue weighted by molar-refractivity contribution is -0.153. The van der Waals surface area contributed by atoms with E-state index in [1.807, 2.05) is 35.7 Å². The lowest BCUT2D eigenvalue weighted by Crippen LogP contribution is -2.43. The Morgan fingerprint density at radius 1 is 1.20 bits per heavy atom. The Balaban J connectivity index is 1.70. The molecule has 0 saturated carbocycles. The summed E-state index contributed by atoms with van der Waals surface area (Å²) in [6.45, 7) is 0.550. The number of benzene rings is 1. The van der Waals surface area contributed by atoms with Gasteiger partial charge in [0, 0.05) is 17.8 Å². The van der Waals surface area contributed by atoms with Gasteiger partial charge in [0.2, 0.25) is 5.91 Å². The summed E-state index contributed by atoms with van der Waals surface area (Å²) in [6, 6.07) is 8.98. The highest BCUT2D eigenvalue weighted by Crippen LogP contribution is 2.34. The standard InChI is InChI=1S/C19H21NO4S/c1-23-14-6-3-13(4-7-14)5-8-17(21)20-11-9-16-15(10-12-25-16)18(20)19(22)24-2/h3-4,6-7,10,12,18H,5,8-9,11H2,1-2H3. The summed E-state index contributed by atoms with van der Waals surface area (Å²) in [7, 11) is 2.99. The van der Waals surface area contributed by atoms with Crippen LogP contribution in [0.5, 0.6) is 5.75 Å². The maximum Gasteiger partial charge on any atom is 0.333 e. The van der Waals surface area contributed by atoms with Gasteiger partial charge in [-0.2, -0.15) is 0 Å². The number of esters is 1. The van der Waals surface area contributed by atoms with Gasteiger partial charge >= 0.3 is 5.97 Å². The quantitative estimate of drug-likeness (QED) is 0.770. The van der Waals surface area contributed by atoms with Crippen LogP contribution in [0.4, 0.5) is 0 Å². The van der Waals surface area contributed by atoms with Crippen LogP contribution in [0.25, 0.3) is 0 Å². The van der Waals surface area contributed by atoms with Crippen LogP contribution in [0.15, 0.2) is 35.7 Å². The second-order valence-corrected chi connectivity index (χ2v) is 6.91. The molecule has 0 spiro atoms. The largest absolute Gasteiger partial charge is 0.497 e. The van der Waals surface area contributed by atoms with E-state index in [-0.39, 0.29) is 11.9 Å². The molecule has 25 heavy (non-hydrogen) atoms. The molecule has 3 rings (SSSR count). The Morgan fingerprint density at radius 3 is 2.64 bits per heavy atom. The summed E-state index contributed by atoms with van der Waals surface area (Å²) in [5.41, 5.74) is 1.97. The second-order valence-electron chi connectivity index (χ2n) is 5.91. The number of rotatable bonds is 5. The van der Waals surface area contributed by atoms with E-state index in [1.54, 1.807) is 23.3 Å². The average molecular weight is 359 g/mol. The molecular weight excluding hydrogens is 338 g/mol. The van der Waals surface area contributed by atoms with E-state index < -0.39 is 6.04 Å². The minimum atomic E-state index is -0.622. The number of hydrogen-bond acceptors (Lipinski definition) is 5. The first-order valence-corrected chi connectivity index (χ1v) is 9.08. The van der Waals surface area contributed by atoms with Crippen LogP contribution in [-0.2, 0) is 27.2 Å². The van der Waals surface area contributed by atoms with E-state index in [4.69, 9.17) is 9.47 Å².